The highest BCUT2D eigenvalue weighted by Crippen LogP contribution is 2.44. The Bertz CT molecular complexity index is 618. The Balaban J connectivity index is 1.42. The fourth-order valence-corrected chi connectivity index (χ4v) is 4.56. The van der Waals surface area contributed by atoms with Gasteiger partial charge in [0, 0.05) is 30.4 Å². The highest BCUT2D eigenvalue weighted by atomic mass is 16.2. The summed E-state index contributed by atoms with van der Waals surface area (Å²) in [5, 5.41) is 7.94. The third kappa shape index (κ3) is 3.10. The first-order valence-electron chi connectivity index (χ1n) is 9.58. The van der Waals surface area contributed by atoms with Crippen LogP contribution >= 0.6 is 0 Å². The van der Waals surface area contributed by atoms with E-state index >= 15 is 0 Å². The van der Waals surface area contributed by atoms with Gasteiger partial charge in [-0.15, -0.1) is 0 Å². The molecule has 24 heavy (non-hydrogen) atoms. The predicted octanol–water partition coefficient (Wildman–Crippen LogP) is 2.48. The van der Waals surface area contributed by atoms with Crippen molar-refractivity contribution >= 4 is 5.91 Å². The molecule has 3 fully saturated rings. The number of likely N-dealkylation sites (tertiary alicyclic amines) is 1. The van der Waals surface area contributed by atoms with Gasteiger partial charge in [0.25, 0.3) is 0 Å². The van der Waals surface area contributed by atoms with Crippen LogP contribution in [0.25, 0.3) is 0 Å². The van der Waals surface area contributed by atoms with E-state index in [1.807, 2.05) is 11.7 Å². The minimum atomic E-state index is 0.227. The Morgan fingerprint density at radius 2 is 1.88 bits per heavy atom. The van der Waals surface area contributed by atoms with Gasteiger partial charge in [0.15, 0.2) is 0 Å². The maximum absolute atomic E-state index is 12.7. The summed E-state index contributed by atoms with van der Waals surface area (Å²) in [7, 11) is 2.01. The fraction of sp³-hybridized carbons (Fsp3) is 0.789. The molecule has 0 aromatic carbocycles. The van der Waals surface area contributed by atoms with Gasteiger partial charge < -0.3 is 5.32 Å². The first kappa shape index (κ1) is 16.1. The summed E-state index contributed by atoms with van der Waals surface area (Å²) in [5.74, 6) is 1.75. The first-order chi connectivity index (χ1) is 11.5. The molecule has 1 aliphatic heterocycles. The first-order valence-corrected chi connectivity index (χ1v) is 9.58. The van der Waals surface area contributed by atoms with Crippen molar-refractivity contribution in [1.82, 2.24) is 20.0 Å². The van der Waals surface area contributed by atoms with Crippen LogP contribution in [-0.4, -0.2) is 39.7 Å². The highest BCUT2D eigenvalue weighted by molar-refractivity contribution is 5.78. The van der Waals surface area contributed by atoms with E-state index in [1.165, 1.54) is 43.4 Å². The third-order valence-corrected chi connectivity index (χ3v) is 6.20. The minimum absolute atomic E-state index is 0.227. The van der Waals surface area contributed by atoms with Crippen LogP contribution in [0.15, 0.2) is 0 Å². The molecule has 0 bridgehead atoms. The maximum atomic E-state index is 12.7. The normalized spacial score (nSPS) is 24.8. The summed E-state index contributed by atoms with van der Waals surface area (Å²) in [6, 6.07) is 0.810. The van der Waals surface area contributed by atoms with Crippen LogP contribution in [0.1, 0.15) is 61.5 Å². The summed E-state index contributed by atoms with van der Waals surface area (Å²) in [5.41, 5.74) is 3.68. The molecular formula is C19H30N4O. The van der Waals surface area contributed by atoms with E-state index in [4.69, 9.17) is 0 Å². The number of aryl methyl sites for hydroxylation is 2. The molecule has 5 heteroatoms. The fourth-order valence-electron chi connectivity index (χ4n) is 4.56. The number of rotatable bonds is 6. The molecule has 1 saturated heterocycles. The topological polar surface area (TPSA) is 50.2 Å². The SMILES string of the molecule is Cc1nn(C)c(C)c1[C@@H]1CCCN1CC(=O)NC(C1CC1)C1CC1. The van der Waals surface area contributed by atoms with Crippen molar-refractivity contribution in [2.24, 2.45) is 18.9 Å². The zero-order valence-corrected chi connectivity index (χ0v) is 15.2. The Morgan fingerprint density at radius 3 is 2.42 bits per heavy atom. The molecule has 0 radical (unpaired) electrons. The number of carbonyl (C=O) groups is 1. The van der Waals surface area contributed by atoms with Crippen LogP contribution in [0.2, 0.25) is 0 Å². The second-order valence-electron chi connectivity index (χ2n) is 8.10. The van der Waals surface area contributed by atoms with Crippen LogP contribution in [0, 0.1) is 25.7 Å². The molecule has 1 atom stereocenters. The number of hydrogen-bond acceptors (Lipinski definition) is 3. The number of nitrogens with one attached hydrogen (secondary N) is 1. The van der Waals surface area contributed by atoms with E-state index in [1.54, 1.807) is 0 Å². The number of amides is 1. The minimum Gasteiger partial charge on any atom is -0.352 e. The molecule has 0 spiro atoms. The molecular weight excluding hydrogens is 300 g/mol. The molecule has 2 heterocycles. The Labute approximate surface area is 144 Å². The van der Waals surface area contributed by atoms with E-state index in [0.717, 1.165) is 30.5 Å². The molecule has 4 rings (SSSR count). The lowest BCUT2D eigenvalue weighted by molar-refractivity contribution is -0.123. The van der Waals surface area contributed by atoms with Crippen molar-refractivity contribution in [2.45, 2.75) is 64.5 Å². The number of nitrogens with zero attached hydrogens (tertiary/aromatic N) is 3. The summed E-state index contributed by atoms with van der Waals surface area (Å²) in [6.07, 6.45) is 7.53. The molecule has 2 saturated carbocycles. The average Bonchev–Trinajstić information content (AvgIpc) is 3.44. The van der Waals surface area contributed by atoms with E-state index in [0.29, 0.717) is 18.6 Å². The van der Waals surface area contributed by atoms with E-state index in [2.05, 4.69) is 29.2 Å². The summed E-state index contributed by atoms with van der Waals surface area (Å²) in [4.78, 5) is 15.0. The second-order valence-corrected chi connectivity index (χ2v) is 8.10. The zero-order valence-electron chi connectivity index (χ0n) is 15.2. The van der Waals surface area contributed by atoms with E-state index < -0.39 is 0 Å². The van der Waals surface area contributed by atoms with E-state index in [-0.39, 0.29) is 5.91 Å². The summed E-state index contributed by atoms with van der Waals surface area (Å²) >= 11 is 0. The molecule has 132 valence electrons. The van der Waals surface area contributed by atoms with Gasteiger partial charge in [-0.05, 0) is 70.8 Å². The Hall–Kier alpha value is -1.36. The molecule has 5 nitrogen and oxygen atoms in total. The molecule has 1 N–H and O–H groups in total. The van der Waals surface area contributed by atoms with Gasteiger partial charge in [-0.2, -0.15) is 5.10 Å². The molecule has 1 amide bonds. The Morgan fingerprint density at radius 1 is 1.21 bits per heavy atom. The van der Waals surface area contributed by atoms with Gasteiger partial charge in [0.1, 0.15) is 0 Å². The van der Waals surface area contributed by atoms with Gasteiger partial charge in [-0.3, -0.25) is 14.4 Å². The van der Waals surface area contributed by atoms with Gasteiger partial charge in [-0.25, -0.2) is 0 Å². The van der Waals surface area contributed by atoms with Gasteiger partial charge in [-0.1, -0.05) is 0 Å². The van der Waals surface area contributed by atoms with Crippen molar-refractivity contribution in [3.05, 3.63) is 17.0 Å². The smallest absolute Gasteiger partial charge is 0.234 e. The van der Waals surface area contributed by atoms with Gasteiger partial charge >= 0.3 is 0 Å². The molecule has 1 aromatic rings. The van der Waals surface area contributed by atoms with Crippen molar-refractivity contribution in [3.8, 4) is 0 Å². The molecule has 2 aliphatic carbocycles. The van der Waals surface area contributed by atoms with Gasteiger partial charge in [0.2, 0.25) is 5.91 Å². The Kier molecular flexibility index (Phi) is 4.15. The van der Waals surface area contributed by atoms with Crippen molar-refractivity contribution in [1.29, 1.82) is 0 Å². The number of hydrogen-bond donors (Lipinski definition) is 1. The largest absolute Gasteiger partial charge is 0.352 e. The van der Waals surface area contributed by atoms with Crippen molar-refractivity contribution < 1.29 is 4.79 Å². The standard InChI is InChI=1S/C19H30N4O/c1-12-18(13(2)22(3)21-12)16-5-4-10-23(16)11-17(24)20-19(14-6-7-14)15-8-9-15/h14-16,19H,4-11H2,1-3H3,(H,20,24)/t16-/m0/s1. The highest BCUT2D eigenvalue weighted by Gasteiger charge is 2.42. The van der Waals surface area contributed by atoms with Crippen LogP contribution in [0.4, 0.5) is 0 Å². The van der Waals surface area contributed by atoms with Crippen LogP contribution in [0.3, 0.4) is 0 Å². The average molecular weight is 330 g/mol. The van der Waals surface area contributed by atoms with Crippen LogP contribution < -0.4 is 5.32 Å². The number of carbonyl (C=O) groups excluding carboxylic acids is 1. The van der Waals surface area contributed by atoms with Crippen molar-refractivity contribution in [3.63, 3.8) is 0 Å². The summed E-state index contributed by atoms with van der Waals surface area (Å²) in [6.45, 7) is 5.79. The second kappa shape index (κ2) is 6.17. The maximum Gasteiger partial charge on any atom is 0.234 e. The van der Waals surface area contributed by atoms with Crippen molar-refractivity contribution in [2.75, 3.05) is 13.1 Å². The van der Waals surface area contributed by atoms with Crippen LogP contribution in [-0.2, 0) is 11.8 Å². The zero-order chi connectivity index (χ0) is 16.8. The lowest BCUT2D eigenvalue weighted by Crippen LogP contribution is -2.44. The number of aromatic nitrogens is 2. The monoisotopic (exact) mass is 330 g/mol. The summed E-state index contributed by atoms with van der Waals surface area (Å²) < 4.78 is 1.97. The predicted molar refractivity (Wildman–Crippen MR) is 93.6 cm³/mol. The lowest BCUT2D eigenvalue weighted by Gasteiger charge is -2.26. The van der Waals surface area contributed by atoms with Gasteiger partial charge in [0.05, 0.1) is 12.2 Å². The molecule has 1 aromatic heterocycles. The van der Waals surface area contributed by atoms with Crippen LogP contribution in [0.5, 0.6) is 0 Å². The van der Waals surface area contributed by atoms with E-state index in [9.17, 15) is 4.79 Å². The third-order valence-electron chi connectivity index (χ3n) is 6.20. The quantitative estimate of drug-likeness (QED) is 0.872. The molecule has 3 aliphatic rings. The lowest BCUT2D eigenvalue weighted by atomic mass is 10.0. The molecule has 0 unspecified atom stereocenters.